The Bertz CT molecular complexity index is 518. The number of hydrogen-bond donors (Lipinski definition) is 1. The maximum absolute atomic E-state index is 12.7. The summed E-state index contributed by atoms with van der Waals surface area (Å²) in [5.41, 5.74) is 1.40. The van der Waals surface area contributed by atoms with Crippen LogP contribution in [0.1, 0.15) is 17.3 Å². The number of morpholine rings is 1. The number of hydrogen-bond acceptors (Lipinski definition) is 4. The molecule has 6 heteroatoms. The summed E-state index contributed by atoms with van der Waals surface area (Å²) in [6.45, 7) is 6.19. The Kier molecular flexibility index (Phi) is 6.06. The van der Waals surface area contributed by atoms with Crippen molar-refractivity contribution in [3.05, 3.63) is 28.8 Å². The van der Waals surface area contributed by atoms with Gasteiger partial charge in [-0.25, -0.2) is 0 Å². The number of nitrogens with zero attached hydrogens (tertiary/aromatic N) is 2. The summed E-state index contributed by atoms with van der Waals surface area (Å²) in [6.07, 6.45) is 0. The number of benzene rings is 1. The lowest BCUT2D eigenvalue weighted by Gasteiger charge is -2.34. The highest BCUT2D eigenvalue weighted by atomic mass is 35.5. The Hall–Kier alpha value is -1.30. The average molecular weight is 326 g/mol. The summed E-state index contributed by atoms with van der Waals surface area (Å²) in [5.74, 6) is -0.0213. The molecule has 1 aliphatic rings. The molecule has 0 radical (unpaired) electrons. The van der Waals surface area contributed by atoms with Gasteiger partial charge in [-0.15, -0.1) is 0 Å². The van der Waals surface area contributed by atoms with Crippen molar-refractivity contribution in [1.82, 2.24) is 9.80 Å². The number of ether oxygens (including phenoxy) is 1. The summed E-state index contributed by atoms with van der Waals surface area (Å²) in [4.78, 5) is 16.8. The fourth-order valence-electron chi connectivity index (χ4n) is 2.73. The lowest BCUT2D eigenvalue weighted by atomic mass is 10.1. The fraction of sp³-hybridized carbons (Fsp3) is 0.562. The highest BCUT2D eigenvalue weighted by Crippen LogP contribution is 2.22. The zero-order chi connectivity index (χ0) is 16.1. The molecule has 1 unspecified atom stereocenters. The third-order valence-corrected chi connectivity index (χ3v) is 4.27. The second kappa shape index (κ2) is 7.81. The first-order valence-electron chi connectivity index (χ1n) is 7.57. The molecule has 2 rings (SSSR count). The van der Waals surface area contributed by atoms with E-state index in [1.165, 1.54) is 0 Å². The molecule has 1 amide bonds. The molecular formula is C16H24ClN3O2. The summed E-state index contributed by atoms with van der Waals surface area (Å²) in [6, 6.07) is 5.62. The molecule has 122 valence electrons. The number of anilines is 1. The second-order valence-electron chi connectivity index (χ2n) is 5.62. The standard InChI is InChI=1S/C16H24ClN3O2/c1-12(20-6-8-22-9-7-20)11-19(3)16(21)14-10-13(17)4-5-15(14)18-2/h4-5,10,12,18H,6-9,11H2,1-3H3. The van der Waals surface area contributed by atoms with Gasteiger partial charge in [-0.1, -0.05) is 11.6 Å². The van der Waals surface area contributed by atoms with Crippen LogP contribution in [-0.2, 0) is 4.74 Å². The number of halogens is 1. The van der Waals surface area contributed by atoms with Crippen LogP contribution < -0.4 is 5.32 Å². The number of amides is 1. The highest BCUT2D eigenvalue weighted by Gasteiger charge is 2.22. The predicted octanol–water partition coefficient (Wildman–Crippen LogP) is 2.17. The minimum absolute atomic E-state index is 0.0213. The van der Waals surface area contributed by atoms with Gasteiger partial charge in [0.25, 0.3) is 5.91 Å². The van der Waals surface area contributed by atoms with Crippen LogP contribution in [0, 0.1) is 0 Å². The lowest BCUT2D eigenvalue weighted by molar-refractivity contribution is 0.0142. The van der Waals surface area contributed by atoms with Crippen LogP contribution in [0.15, 0.2) is 18.2 Å². The van der Waals surface area contributed by atoms with Crippen molar-refractivity contribution in [1.29, 1.82) is 0 Å². The first kappa shape index (κ1) is 17.1. The van der Waals surface area contributed by atoms with E-state index in [0.717, 1.165) is 32.0 Å². The van der Waals surface area contributed by atoms with E-state index in [2.05, 4.69) is 17.1 Å². The first-order valence-corrected chi connectivity index (χ1v) is 7.95. The largest absolute Gasteiger partial charge is 0.387 e. The SMILES string of the molecule is CNc1ccc(Cl)cc1C(=O)N(C)CC(C)N1CCOCC1. The van der Waals surface area contributed by atoms with Crippen molar-refractivity contribution in [2.24, 2.45) is 0 Å². The monoisotopic (exact) mass is 325 g/mol. The van der Waals surface area contributed by atoms with E-state index in [-0.39, 0.29) is 5.91 Å². The van der Waals surface area contributed by atoms with E-state index >= 15 is 0 Å². The molecule has 22 heavy (non-hydrogen) atoms. The topological polar surface area (TPSA) is 44.8 Å². The zero-order valence-electron chi connectivity index (χ0n) is 13.4. The normalized spacial score (nSPS) is 17.1. The smallest absolute Gasteiger partial charge is 0.255 e. The Morgan fingerprint density at radius 3 is 2.77 bits per heavy atom. The van der Waals surface area contributed by atoms with Gasteiger partial charge in [0.05, 0.1) is 18.8 Å². The van der Waals surface area contributed by atoms with Gasteiger partial charge in [-0.05, 0) is 25.1 Å². The molecule has 1 N–H and O–H groups in total. The molecule has 1 atom stereocenters. The van der Waals surface area contributed by atoms with Crippen molar-refractivity contribution in [3.8, 4) is 0 Å². The van der Waals surface area contributed by atoms with Gasteiger partial charge >= 0.3 is 0 Å². The number of carbonyl (C=O) groups excluding carboxylic acids is 1. The van der Waals surface area contributed by atoms with E-state index in [0.29, 0.717) is 23.2 Å². The van der Waals surface area contributed by atoms with Crippen LogP contribution in [0.25, 0.3) is 0 Å². The molecule has 5 nitrogen and oxygen atoms in total. The number of nitrogens with one attached hydrogen (secondary N) is 1. The van der Waals surface area contributed by atoms with Crippen LogP contribution in [0.3, 0.4) is 0 Å². The van der Waals surface area contributed by atoms with Gasteiger partial charge in [-0.3, -0.25) is 9.69 Å². The summed E-state index contributed by atoms with van der Waals surface area (Å²) >= 11 is 6.03. The first-order chi connectivity index (χ1) is 10.5. The number of rotatable bonds is 5. The van der Waals surface area contributed by atoms with Crippen LogP contribution in [0.2, 0.25) is 5.02 Å². The quantitative estimate of drug-likeness (QED) is 0.901. The molecular weight excluding hydrogens is 302 g/mol. The predicted molar refractivity (Wildman–Crippen MR) is 89.8 cm³/mol. The molecule has 1 saturated heterocycles. The zero-order valence-corrected chi connectivity index (χ0v) is 14.2. The maximum atomic E-state index is 12.7. The van der Waals surface area contributed by atoms with Gasteiger partial charge in [0.2, 0.25) is 0 Å². The van der Waals surface area contributed by atoms with E-state index in [1.807, 2.05) is 13.1 Å². The van der Waals surface area contributed by atoms with E-state index in [1.54, 1.807) is 24.1 Å². The van der Waals surface area contributed by atoms with E-state index in [9.17, 15) is 4.79 Å². The average Bonchev–Trinajstić information content (AvgIpc) is 2.54. The molecule has 0 spiro atoms. The van der Waals surface area contributed by atoms with Crippen molar-refractivity contribution in [3.63, 3.8) is 0 Å². The third kappa shape index (κ3) is 4.12. The van der Waals surface area contributed by atoms with Crippen LogP contribution >= 0.6 is 11.6 Å². The van der Waals surface area contributed by atoms with Crippen molar-refractivity contribution >= 4 is 23.2 Å². The van der Waals surface area contributed by atoms with E-state index < -0.39 is 0 Å². The van der Waals surface area contributed by atoms with Crippen molar-refractivity contribution < 1.29 is 9.53 Å². The van der Waals surface area contributed by atoms with Gasteiger partial charge in [0.15, 0.2) is 0 Å². The summed E-state index contributed by atoms with van der Waals surface area (Å²) < 4.78 is 5.37. The highest BCUT2D eigenvalue weighted by molar-refractivity contribution is 6.31. The van der Waals surface area contributed by atoms with Crippen LogP contribution in [-0.4, -0.2) is 68.7 Å². The molecule has 0 aromatic heterocycles. The Morgan fingerprint density at radius 1 is 1.45 bits per heavy atom. The second-order valence-corrected chi connectivity index (χ2v) is 6.06. The van der Waals surface area contributed by atoms with Gasteiger partial charge in [0, 0.05) is 50.5 Å². The molecule has 1 aromatic rings. The summed E-state index contributed by atoms with van der Waals surface area (Å²) in [7, 11) is 3.63. The minimum Gasteiger partial charge on any atom is -0.387 e. The Balaban J connectivity index is 2.03. The molecule has 1 fully saturated rings. The molecule has 1 aliphatic heterocycles. The molecule has 1 heterocycles. The van der Waals surface area contributed by atoms with Crippen LogP contribution in [0.4, 0.5) is 5.69 Å². The molecule has 0 saturated carbocycles. The van der Waals surface area contributed by atoms with Gasteiger partial charge < -0.3 is 15.0 Å². The van der Waals surface area contributed by atoms with Crippen LogP contribution in [0.5, 0.6) is 0 Å². The molecule has 0 bridgehead atoms. The van der Waals surface area contributed by atoms with Gasteiger partial charge in [-0.2, -0.15) is 0 Å². The maximum Gasteiger partial charge on any atom is 0.255 e. The lowest BCUT2D eigenvalue weighted by Crippen LogP contribution is -2.47. The van der Waals surface area contributed by atoms with Crippen molar-refractivity contribution in [2.45, 2.75) is 13.0 Å². The van der Waals surface area contributed by atoms with E-state index in [4.69, 9.17) is 16.3 Å². The summed E-state index contributed by atoms with van der Waals surface area (Å²) in [5, 5.41) is 3.61. The number of likely N-dealkylation sites (N-methyl/N-ethyl adjacent to an activating group) is 1. The molecule has 0 aliphatic carbocycles. The molecule has 1 aromatic carbocycles. The Labute approximate surface area is 137 Å². The fourth-order valence-corrected chi connectivity index (χ4v) is 2.90. The third-order valence-electron chi connectivity index (χ3n) is 4.04. The minimum atomic E-state index is -0.0213. The van der Waals surface area contributed by atoms with Crippen molar-refractivity contribution in [2.75, 3.05) is 52.3 Å². The van der Waals surface area contributed by atoms with Gasteiger partial charge in [0.1, 0.15) is 0 Å². The Morgan fingerprint density at radius 2 is 2.14 bits per heavy atom. The number of carbonyl (C=O) groups is 1.